The molecule has 23 heavy (non-hydrogen) atoms. The van der Waals surface area contributed by atoms with E-state index in [0.29, 0.717) is 13.2 Å². The van der Waals surface area contributed by atoms with Crippen LogP contribution >= 0.6 is 0 Å². The summed E-state index contributed by atoms with van der Waals surface area (Å²) in [6.07, 6.45) is 1.41. The Hall–Kier alpha value is -2.60. The highest BCUT2D eigenvalue weighted by atomic mass is 16.5. The molecule has 2 aromatic rings. The maximum atomic E-state index is 12.1. The molecule has 2 amide bonds. The van der Waals surface area contributed by atoms with E-state index >= 15 is 0 Å². The third-order valence-corrected chi connectivity index (χ3v) is 3.36. The molecule has 0 fully saturated rings. The van der Waals surface area contributed by atoms with Gasteiger partial charge in [-0.2, -0.15) is 0 Å². The van der Waals surface area contributed by atoms with Gasteiger partial charge in [0.15, 0.2) is 5.76 Å². The number of nitrogens with one attached hydrogen (secondary N) is 2. The van der Waals surface area contributed by atoms with Gasteiger partial charge in [0.1, 0.15) is 6.04 Å². The number of benzene rings is 1. The molecular formula is C17H20N2O4. The summed E-state index contributed by atoms with van der Waals surface area (Å²) in [4.78, 5) is 23.9. The molecule has 0 saturated heterocycles. The molecule has 2 N–H and O–H groups in total. The van der Waals surface area contributed by atoms with Crippen molar-refractivity contribution in [1.82, 2.24) is 10.6 Å². The van der Waals surface area contributed by atoms with Gasteiger partial charge in [-0.3, -0.25) is 9.59 Å². The summed E-state index contributed by atoms with van der Waals surface area (Å²) in [7, 11) is 1.63. The second kappa shape index (κ2) is 8.14. The first-order valence-corrected chi connectivity index (χ1v) is 7.29. The van der Waals surface area contributed by atoms with Gasteiger partial charge >= 0.3 is 0 Å². The van der Waals surface area contributed by atoms with Gasteiger partial charge in [0.2, 0.25) is 5.91 Å². The lowest BCUT2D eigenvalue weighted by atomic mass is 10.1. The molecule has 0 bridgehead atoms. The summed E-state index contributed by atoms with van der Waals surface area (Å²) in [5.74, 6) is -0.510. The summed E-state index contributed by atoms with van der Waals surface area (Å²) in [6, 6.07) is 10.2. The van der Waals surface area contributed by atoms with Crippen molar-refractivity contribution in [2.75, 3.05) is 7.11 Å². The quantitative estimate of drug-likeness (QED) is 0.817. The average Bonchev–Trinajstić information content (AvgIpc) is 3.08. The molecule has 1 aromatic carbocycles. The zero-order chi connectivity index (χ0) is 16.7. The monoisotopic (exact) mass is 316 g/mol. The average molecular weight is 316 g/mol. The predicted molar refractivity (Wildman–Crippen MR) is 84.6 cm³/mol. The second-order valence-electron chi connectivity index (χ2n) is 5.09. The van der Waals surface area contributed by atoms with Gasteiger partial charge < -0.3 is 19.8 Å². The number of amides is 2. The van der Waals surface area contributed by atoms with Crippen LogP contribution < -0.4 is 10.6 Å². The van der Waals surface area contributed by atoms with E-state index in [-0.39, 0.29) is 11.7 Å². The Morgan fingerprint density at radius 2 is 1.91 bits per heavy atom. The third-order valence-electron chi connectivity index (χ3n) is 3.36. The number of ether oxygens (including phenoxy) is 1. The molecule has 6 heteroatoms. The van der Waals surface area contributed by atoms with Crippen LogP contribution in [0.1, 0.15) is 28.6 Å². The Morgan fingerprint density at radius 3 is 2.57 bits per heavy atom. The van der Waals surface area contributed by atoms with Crippen molar-refractivity contribution < 1.29 is 18.7 Å². The fraction of sp³-hybridized carbons (Fsp3) is 0.294. The normalized spacial score (nSPS) is 11.7. The summed E-state index contributed by atoms with van der Waals surface area (Å²) in [5.41, 5.74) is 2.00. The molecule has 122 valence electrons. The van der Waals surface area contributed by atoms with Gasteiger partial charge in [-0.1, -0.05) is 24.3 Å². The van der Waals surface area contributed by atoms with Gasteiger partial charge in [0.25, 0.3) is 5.91 Å². The zero-order valence-electron chi connectivity index (χ0n) is 13.2. The first kappa shape index (κ1) is 16.8. The van der Waals surface area contributed by atoms with Crippen molar-refractivity contribution in [1.29, 1.82) is 0 Å². The molecule has 0 aliphatic rings. The summed E-state index contributed by atoms with van der Waals surface area (Å²) >= 11 is 0. The number of rotatable bonds is 7. The number of furan rings is 1. The molecule has 0 radical (unpaired) electrons. The van der Waals surface area contributed by atoms with Crippen LogP contribution in [0.25, 0.3) is 0 Å². The number of carbonyl (C=O) groups excluding carboxylic acids is 2. The lowest BCUT2D eigenvalue weighted by molar-refractivity contribution is -0.122. The Balaban J connectivity index is 1.88. The molecule has 0 aliphatic heterocycles. The van der Waals surface area contributed by atoms with Crippen LogP contribution in [0.3, 0.4) is 0 Å². The van der Waals surface area contributed by atoms with Crippen LogP contribution in [0.5, 0.6) is 0 Å². The van der Waals surface area contributed by atoms with Gasteiger partial charge in [-0.15, -0.1) is 0 Å². The molecule has 1 heterocycles. The highest BCUT2D eigenvalue weighted by molar-refractivity contribution is 5.95. The van der Waals surface area contributed by atoms with Gasteiger partial charge in [0, 0.05) is 13.7 Å². The van der Waals surface area contributed by atoms with Crippen LogP contribution in [-0.4, -0.2) is 25.0 Å². The molecular weight excluding hydrogens is 296 g/mol. The van der Waals surface area contributed by atoms with E-state index in [1.807, 2.05) is 24.3 Å². The van der Waals surface area contributed by atoms with Gasteiger partial charge in [-0.05, 0) is 30.2 Å². The molecule has 1 unspecified atom stereocenters. The lowest BCUT2D eigenvalue weighted by Gasteiger charge is -2.14. The molecule has 6 nitrogen and oxygen atoms in total. The fourth-order valence-corrected chi connectivity index (χ4v) is 2.10. The number of hydrogen-bond acceptors (Lipinski definition) is 4. The highest BCUT2D eigenvalue weighted by Crippen LogP contribution is 2.09. The Labute approximate surface area is 134 Å². The van der Waals surface area contributed by atoms with E-state index in [1.165, 1.54) is 6.26 Å². The second-order valence-corrected chi connectivity index (χ2v) is 5.09. The third kappa shape index (κ3) is 4.69. The summed E-state index contributed by atoms with van der Waals surface area (Å²) in [6.45, 7) is 2.48. The molecule has 0 spiro atoms. The highest BCUT2D eigenvalue weighted by Gasteiger charge is 2.18. The largest absolute Gasteiger partial charge is 0.459 e. The Bertz CT molecular complexity index is 652. The minimum atomic E-state index is -0.665. The standard InChI is InChI=1S/C17H20N2O4/c1-12(19-17(21)15-8-5-9-23-15)16(20)18-10-13-6-3-4-7-14(13)11-22-2/h3-9,12H,10-11H2,1-2H3,(H,18,20)(H,19,21). The minimum Gasteiger partial charge on any atom is -0.459 e. The lowest BCUT2D eigenvalue weighted by Crippen LogP contribution is -2.44. The number of hydrogen-bond donors (Lipinski definition) is 2. The van der Waals surface area contributed by atoms with Crippen LogP contribution in [-0.2, 0) is 22.7 Å². The summed E-state index contributed by atoms with van der Waals surface area (Å²) < 4.78 is 10.1. The SMILES string of the molecule is COCc1ccccc1CNC(=O)C(C)NC(=O)c1ccco1. The van der Waals surface area contributed by atoms with Crippen molar-refractivity contribution in [3.8, 4) is 0 Å². The number of carbonyl (C=O) groups is 2. The van der Waals surface area contributed by atoms with Gasteiger partial charge in [-0.25, -0.2) is 0 Å². The van der Waals surface area contributed by atoms with E-state index in [0.717, 1.165) is 11.1 Å². The van der Waals surface area contributed by atoms with E-state index < -0.39 is 11.9 Å². The van der Waals surface area contributed by atoms with E-state index in [4.69, 9.17) is 9.15 Å². The first-order chi connectivity index (χ1) is 11.1. The topological polar surface area (TPSA) is 80.6 Å². The van der Waals surface area contributed by atoms with E-state index in [1.54, 1.807) is 26.2 Å². The summed E-state index contributed by atoms with van der Waals surface area (Å²) in [5, 5.41) is 5.40. The minimum absolute atomic E-state index is 0.176. The van der Waals surface area contributed by atoms with Crippen LogP contribution in [0.2, 0.25) is 0 Å². The van der Waals surface area contributed by atoms with Crippen LogP contribution in [0.15, 0.2) is 47.1 Å². The molecule has 1 atom stereocenters. The van der Waals surface area contributed by atoms with E-state index in [9.17, 15) is 9.59 Å². The van der Waals surface area contributed by atoms with Gasteiger partial charge in [0.05, 0.1) is 12.9 Å². The smallest absolute Gasteiger partial charge is 0.287 e. The molecule has 2 rings (SSSR count). The zero-order valence-corrected chi connectivity index (χ0v) is 13.2. The van der Waals surface area contributed by atoms with Crippen LogP contribution in [0, 0.1) is 0 Å². The van der Waals surface area contributed by atoms with Crippen molar-refractivity contribution >= 4 is 11.8 Å². The predicted octanol–water partition coefficient (Wildman–Crippen LogP) is 1.86. The molecule has 0 aliphatic carbocycles. The Kier molecular flexibility index (Phi) is 5.94. The fourth-order valence-electron chi connectivity index (χ4n) is 2.10. The number of methoxy groups -OCH3 is 1. The molecule has 1 aromatic heterocycles. The Morgan fingerprint density at radius 1 is 1.17 bits per heavy atom. The maximum Gasteiger partial charge on any atom is 0.287 e. The molecule has 0 saturated carbocycles. The van der Waals surface area contributed by atoms with Crippen LogP contribution in [0.4, 0.5) is 0 Å². The first-order valence-electron chi connectivity index (χ1n) is 7.29. The van der Waals surface area contributed by atoms with Crippen molar-refractivity contribution in [3.05, 3.63) is 59.5 Å². The van der Waals surface area contributed by atoms with Crippen molar-refractivity contribution in [2.24, 2.45) is 0 Å². The van der Waals surface area contributed by atoms with Crippen molar-refractivity contribution in [3.63, 3.8) is 0 Å². The maximum absolute atomic E-state index is 12.1. The van der Waals surface area contributed by atoms with Crippen molar-refractivity contribution in [2.45, 2.75) is 26.1 Å². The van der Waals surface area contributed by atoms with E-state index in [2.05, 4.69) is 10.6 Å².